The molecule has 1 aromatic carbocycles. The van der Waals surface area contributed by atoms with E-state index in [2.05, 4.69) is 17.6 Å². The number of amides is 2. The van der Waals surface area contributed by atoms with Crippen LogP contribution in [0, 0.1) is 5.92 Å². The van der Waals surface area contributed by atoms with Crippen molar-refractivity contribution in [3.8, 4) is 0 Å². The van der Waals surface area contributed by atoms with Crippen LogP contribution in [0.15, 0.2) is 24.3 Å². The minimum Gasteiger partial charge on any atom is -0.339 e. The van der Waals surface area contributed by atoms with Gasteiger partial charge in [0.1, 0.15) is 0 Å². The number of thiocarbonyl (C=S) groups is 1. The molecule has 5 nitrogen and oxygen atoms in total. The molecule has 0 saturated carbocycles. The fourth-order valence-electron chi connectivity index (χ4n) is 2.78. The van der Waals surface area contributed by atoms with E-state index >= 15 is 0 Å². The molecule has 1 aliphatic rings. The Morgan fingerprint density at radius 2 is 1.84 bits per heavy atom. The summed E-state index contributed by atoms with van der Waals surface area (Å²) in [6.07, 6.45) is 4.43. The second kappa shape index (κ2) is 9.51. The minimum absolute atomic E-state index is 0.0777. The molecule has 0 radical (unpaired) electrons. The Morgan fingerprint density at radius 3 is 2.44 bits per heavy atom. The first-order valence-corrected chi connectivity index (χ1v) is 9.40. The molecule has 136 valence electrons. The van der Waals surface area contributed by atoms with Crippen LogP contribution in [0.5, 0.6) is 0 Å². The summed E-state index contributed by atoms with van der Waals surface area (Å²) >= 11 is 5.14. The van der Waals surface area contributed by atoms with E-state index < -0.39 is 0 Å². The summed E-state index contributed by atoms with van der Waals surface area (Å²) in [5, 5.41) is 5.92. The van der Waals surface area contributed by atoms with E-state index in [0.29, 0.717) is 17.9 Å². The van der Waals surface area contributed by atoms with Crippen molar-refractivity contribution in [2.24, 2.45) is 5.92 Å². The first-order valence-electron chi connectivity index (χ1n) is 8.99. The van der Waals surface area contributed by atoms with Gasteiger partial charge in [0.2, 0.25) is 5.91 Å². The lowest BCUT2D eigenvalue weighted by Gasteiger charge is -2.30. The zero-order chi connectivity index (χ0) is 18.2. The average molecular weight is 362 g/mol. The summed E-state index contributed by atoms with van der Waals surface area (Å²) in [6, 6.07) is 7.21. The van der Waals surface area contributed by atoms with Crippen molar-refractivity contribution in [3.05, 3.63) is 29.8 Å². The maximum Gasteiger partial charge on any atom is 0.253 e. The van der Waals surface area contributed by atoms with E-state index in [4.69, 9.17) is 12.2 Å². The third-order valence-corrected chi connectivity index (χ3v) is 4.68. The molecule has 1 heterocycles. The summed E-state index contributed by atoms with van der Waals surface area (Å²) in [4.78, 5) is 26.1. The van der Waals surface area contributed by atoms with Crippen molar-refractivity contribution in [2.45, 2.75) is 46.0 Å². The molecule has 0 unspecified atom stereocenters. The maximum atomic E-state index is 12.5. The Balaban J connectivity index is 1.86. The van der Waals surface area contributed by atoms with E-state index in [1.54, 1.807) is 12.1 Å². The van der Waals surface area contributed by atoms with Gasteiger partial charge in [-0.25, -0.2) is 0 Å². The molecule has 0 aromatic heterocycles. The van der Waals surface area contributed by atoms with Gasteiger partial charge in [-0.3, -0.25) is 9.59 Å². The largest absolute Gasteiger partial charge is 0.339 e. The number of anilines is 1. The third-order valence-electron chi connectivity index (χ3n) is 4.47. The normalized spacial score (nSPS) is 14.9. The standard InChI is InChI=1S/C19H27N3O2S/c1-3-4-5-17(23)21-19(25)20-16-8-6-15(7-9-16)18(24)22-12-10-14(2)11-13-22/h6-9,14H,3-5,10-13H2,1-2H3,(H2,20,21,23,25). The minimum atomic E-state index is -0.0783. The molecule has 0 atom stereocenters. The van der Waals surface area contributed by atoms with Crippen LogP contribution in [0.1, 0.15) is 56.3 Å². The van der Waals surface area contributed by atoms with Crippen molar-refractivity contribution in [3.63, 3.8) is 0 Å². The summed E-state index contributed by atoms with van der Waals surface area (Å²) < 4.78 is 0. The van der Waals surface area contributed by atoms with Crippen LogP contribution in [0.4, 0.5) is 5.69 Å². The Morgan fingerprint density at radius 1 is 1.20 bits per heavy atom. The lowest BCUT2D eigenvalue weighted by molar-refractivity contribution is -0.119. The highest BCUT2D eigenvalue weighted by Crippen LogP contribution is 2.19. The van der Waals surface area contributed by atoms with Gasteiger partial charge in [-0.15, -0.1) is 0 Å². The number of nitrogens with zero attached hydrogens (tertiary/aromatic N) is 1. The lowest BCUT2D eigenvalue weighted by Crippen LogP contribution is -2.37. The van der Waals surface area contributed by atoms with Gasteiger partial charge in [0.15, 0.2) is 5.11 Å². The summed E-state index contributed by atoms with van der Waals surface area (Å²) in [6.45, 7) is 5.92. The number of rotatable bonds is 5. The monoisotopic (exact) mass is 361 g/mol. The molecule has 0 aliphatic carbocycles. The van der Waals surface area contributed by atoms with Crippen molar-refractivity contribution in [1.82, 2.24) is 10.2 Å². The number of unbranched alkanes of at least 4 members (excludes halogenated alkanes) is 1. The van der Waals surface area contributed by atoms with Crippen molar-refractivity contribution in [1.29, 1.82) is 0 Å². The van der Waals surface area contributed by atoms with Crippen LogP contribution in [0.2, 0.25) is 0 Å². The second-order valence-electron chi connectivity index (χ2n) is 6.66. The molecule has 0 bridgehead atoms. The fraction of sp³-hybridized carbons (Fsp3) is 0.526. The molecule has 2 N–H and O–H groups in total. The summed E-state index contributed by atoms with van der Waals surface area (Å²) in [5.41, 5.74) is 1.43. The maximum absolute atomic E-state index is 12.5. The summed E-state index contributed by atoms with van der Waals surface area (Å²) in [7, 11) is 0. The SMILES string of the molecule is CCCCC(=O)NC(=S)Nc1ccc(C(=O)N2CCC(C)CC2)cc1. The van der Waals surface area contributed by atoms with Gasteiger partial charge in [-0.2, -0.15) is 0 Å². The Labute approximate surface area is 155 Å². The molecular weight excluding hydrogens is 334 g/mol. The predicted molar refractivity (Wildman–Crippen MR) is 105 cm³/mol. The number of carbonyl (C=O) groups is 2. The van der Waals surface area contributed by atoms with Crippen LogP contribution in [-0.2, 0) is 4.79 Å². The van der Waals surface area contributed by atoms with Gasteiger partial charge >= 0.3 is 0 Å². The van der Waals surface area contributed by atoms with Crippen molar-refractivity contribution in [2.75, 3.05) is 18.4 Å². The smallest absolute Gasteiger partial charge is 0.253 e. The van der Waals surface area contributed by atoms with Crippen LogP contribution in [-0.4, -0.2) is 34.9 Å². The number of likely N-dealkylation sites (tertiary alicyclic amines) is 1. The van der Waals surface area contributed by atoms with Gasteiger partial charge < -0.3 is 15.5 Å². The van der Waals surface area contributed by atoms with Gasteiger partial charge in [0.25, 0.3) is 5.91 Å². The second-order valence-corrected chi connectivity index (χ2v) is 7.07. The van der Waals surface area contributed by atoms with E-state index in [9.17, 15) is 9.59 Å². The van der Waals surface area contributed by atoms with Crippen LogP contribution in [0.25, 0.3) is 0 Å². The van der Waals surface area contributed by atoms with E-state index in [0.717, 1.165) is 44.5 Å². The molecule has 2 rings (SSSR count). The highest BCUT2D eigenvalue weighted by Gasteiger charge is 2.21. The van der Waals surface area contributed by atoms with Crippen molar-refractivity contribution < 1.29 is 9.59 Å². The third kappa shape index (κ3) is 6.12. The first-order chi connectivity index (χ1) is 12.0. The zero-order valence-electron chi connectivity index (χ0n) is 15.0. The zero-order valence-corrected chi connectivity index (χ0v) is 15.8. The van der Waals surface area contributed by atoms with Crippen LogP contribution < -0.4 is 10.6 Å². The molecule has 1 fully saturated rings. The molecule has 0 spiro atoms. The van der Waals surface area contributed by atoms with Gasteiger partial charge in [0, 0.05) is 30.8 Å². The molecule has 1 saturated heterocycles. The van der Waals surface area contributed by atoms with E-state index in [-0.39, 0.29) is 16.9 Å². The molecule has 25 heavy (non-hydrogen) atoms. The average Bonchev–Trinajstić information content (AvgIpc) is 2.60. The predicted octanol–water partition coefficient (Wildman–Crippen LogP) is 3.56. The van der Waals surface area contributed by atoms with Gasteiger partial charge in [0.05, 0.1) is 0 Å². The van der Waals surface area contributed by atoms with E-state index in [1.807, 2.05) is 24.0 Å². The number of hydrogen-bond donors (Lipinski definition) is 2. The number of nitrogens with one attached hydrogen (secondary N) is 2. The lowest BCUT2D eigenvalue weighted by atomic mass is 9.98. The molecule has 2 amide bonds. The number of benzene rings is 1. The highest BCUT2D eigenvalue weighted by atomic mass is 32.1. The summed E-state index contributed by atoms with van der Waals surface area (Å²) in [5.74, 6) is 0.698. The fourth-order valence-corrected chi connectivity index (χ4v) is 3.01. The van der Waals surface area contributed by atoms with Crippen LogP contribution in [0.3, 0.4) is 0 Å². The number of hydrogen-bond acceptors (Lipinski definition) is 3. The molecule has 1 aliphatic heterocycles. The Bertz CT molecular complexity index is 608. The van der Waals surface area contributed by atoms with Crippen LogP contribution >= 0.6 is 12.2 Å². The Kier molecular flexibility index (Phi) is 7.37. The topological polar surface area (TPSA) is 61.4 Å². The number of carbonyl (C=O) groups excluding carboxylic acids is 2. The van der Waals surface area contributed by atoms with Crippen molar-refractivity contribution >= 4 is 34.8 Å². The Hall–Kier alpha value is -1.95. The number of piperidine rings is 1. The van der Waals surface area contributed by atoms with Gasteiger partial charge in [-0.05, 0) is 61.7 Å². The first kappa shape index (κ1) is 19.4. The molecule has 6 heteroatoms. The molecule has 1 aromatic rings. The highest BCUT2D eigenvalue weighted by molar-refractivity contribution is 7.80. The molecular formula is C19H27N3O2S. The van der Waals surface area contributed by atoms with E-state index in [1.165, 1.54) is 0 Å². The quantitative estimate of drug-likeness (QED) is 0.787. The van der Waals surface area contributed by atoms with Gasteiger partial charge in [-0.1, -0.05) is 20.3 Å².